The summed E-state index contributed by atoms with van der Waals surface area (Å²) < 4.78 is 0. The average molecular weight is 296 g/mol. The molecule has 0 aliphatic carbocycles. The number of aryl methyl sites for hydroxylation is 2. The predicted molar refractivity (Wildman–Crippen MR) is 74.0 cm³/mol. The number of nitrogens with one attached hydrogen (secondary N) is 1. The zero-order valence-corrected chi connectivity index (χ0v) is 12.0. The molecule has 2 N–H and O–H groups in total. The lowest BCUT2D eigenvalue weighted by atomic mass is 10.3. The molecule has 0 atom stereocenters. The van der Waals surface area contributed by atoms with Crippen LogP contribution in [-0.4, -0.2) is 22.0 Å². The number of carboxylic acid groups (broad SMARTS) is 1. The van der Waals surface area contributed by atoms with Crippen LogP contribution < -0.4 is 5.32 Å². The Kier molecular flexibility index (Phi) is 3.96. The number of aromatic nitrogens is 1. The van der Waals surface area contributed by atoms with E-state index in [0.29, 0.717) is 11.4 Å². The lowest BCUT2D eigenvalue weighted by Crippen LogP contribution is -2.21. The molecule has 2 aromatic rings. The highest BCUT2D eigenvalue weighted by atomic mass is 32.1. The van der Waals surface area contributed by atoms with Crippen molar-refractivity contribution in [1.29, 1.82) is 0 Å². The fourth-order valence-electron chi connectivity index (χ4n) is 1.56. The summed E-state index contributed by atoms with van der Waals surface area (Å²) in [5.41, 5.74) is 0.917. The number of rotatable bonds is 4. The SMILES string of the molecule is Cc1nc(C)c(CNC(=O)c2ccc(C(=O)O)s2)s1. The van der Waals surface area contributed by atoms with Crippen molar-refractivity contribution in [3.8, 4) is 0 Å². The van der Waals surface area contributed by atoms with E-state index < -0.39 is 5.97 Å². The second-order valence-electron chi connectivity index (χ2n) is 3.89. The van der Waals surface area contributed by atoms with Crippen molar-refractivity contribution in [1.82, 2.24) is 10.3 Å². The predicted octanol–water partition coefficient (Wildman–Crippen LogP) is 2.45. The first kappa shape index (κ1) is 13.7. The minimum absolute atomic E-state index is 0.162. The first-order valence-electron chi connectivity index (χ1n) is 5.51. The van der Waals surface area contributed by atoms with E-state index in [4.69, 9.17) is 5.11 Å². The number of hydrogen-bond acceptors (Lipinski definition) is 5. The van der Waals surface area contributed by atoms with Crippen molar-refractivity contribution >= 4 is 34.6 Å². The lowest BCUT2D eigenvalue weighted by molar-refractivity contribution is 0.0702. The molecule has 0 saturated carbocycles. The van der Waals surface area contributed by atoms with E-state index in [0.717, 1.165) is 26.9 Å². The molecule has 0 aromatic carbocycles. The molecule has 5 nitrogen and oxygen atoms in total. The van der Waals surface area contributed by atoms with Gasteiger partial charge in [0, 0.05) is 4.88 Å². The van der Waals surface area contributed by atoms with Crippen LogP contribution in [0.1, 0.15) is 34.9 Å². The second kappa shape index (κ2) is 5.50. The topological polar surface area (TPSA) is 79.3 Å². The van der Waals surface area contributed by atoms with E-state index in [9.17, 15) is 9.59 Å². The van der Waals surface area contributed by atoms with Gasteiger partial charge in [0.2, 0.25) is 0 Å². The summed E-state index contributed by atoms with van der Waals surface area (Å²) in [6, 6.07) is 2.96. The molecular weight excluding hydrogens is 284 g/mol. The van der Waals surface area contributed by atoms with Gasteiger partial charge in [-0.1, -0.05) is 0 Å². The lowest BCUT2D eigenvalue weighted by Gasteiger charge is -2.01. The normalized spacial score (nSPS) is 10.4. The van der Waals surface area contributed by atoms with E-state index in [1.165, 1.54) is 12.1 Å². The molecule has 2 aromatic heterocycles. The zero-order chi connectivity index (χ0) is 14.0. The molecule has 0 fully saturated rings. The van der Waals surface area contributed by atoms with Gasteiger partial charge in [-0.3, -0.25) is 4.79 Å². The van der Waals surface area contributed by atoms with Crippen molar-refractivity contribution < 1.29 is 14.7 Å². The summed E-state index contributed by atoms with van der Waals surface area (Å²) in [5, 5.41) is 12.5. The van der Waals surface area contributed by atoms with Gasteiger partial charge in [-0.05, 0) is 26.0 Å². The third-order valence-electron chi connectivity index (χ3n) is 2.45. The van der Waals surface area contributed by atoms with Crippen LogP contribution in [0.2, 0.25) is 0 Å². The van der Waals surface area contributed by atoms with Gasteiger partial charge in [-0.15, -0.1) is 22.7 Å². The quantitative estimate of drug-likeness (QED) is 0.908. The molecule has 2 rings (SSSR count). The van der Waals surface area contributed by atoms with Crippen LogP contribution in [0.3, 0.4) is 0 Å². The Morgan fingerprint density at radius 3 is 2.47 bits per heavy atom. The molecule has 0 saturated heterocycles. The van der Waals surface area contributed by atoms with E-state index >= 15 is 0 Å². The van der Waals surface area contributed by atoms with E-state index in [1.54, 1.807) is 11.3 Å². The highest BCUT2D eigenvalue weighted by Crippen LogP contribution is 2.18. The summed E-state index contributed by atoms with van der Waals surface area (Å²) >= 11 is 2.51. The molecule has 0 unspecified atom stereocenters. The number of aromatic carboxylic acids is 1. The minimum atomic E-state index is -1.02. The fraction of sp³-hybridized carbons (Fsp3) is 0.250. The maximum absolute atomic E-state index is 11.9. The van der Waals surface area contributed by atoms with E-state index in [1.807, 2.05) is 13.8 Å². The van der Waals surface area contributed by atoms with Gasteiger partial charge >= 0.3 is 5.97 Å². The molecule has 0 aliphatic rings. The van der Waals surface area contributed by atoms with Crippen molar-refractivity contribution in [2.24, 2.45) is 0 Å². The number of nitrogens with zero attached hydrogens (tertiary/aromatic N) is 1. The standard InChI is InChI=1S/C12H12N2O3S2/c1-6-10(18-7(2)14-6)5-13-11(15)8-3-4-9(19-8)12(16)17/h3-4H,5H2,1-2H3,(H,13,15)(H,16,17). The Morgan fingerprint density at radius 1 is 1.26 bits per heavy atom. The van der Waals surface area contributed by atoms with E-state index in [2.05, 4.69) is 10.3 Å². The largest absolute Gasteiger partial charge is 0.477 e. The molecule has 19 heavy (non-hydrogen) atoms. The van der Waals surface area contributed by atoms with Gasteiger partial charge in [-0.25, -0.2) is 9.78 Å². The molecule has 100 valence electrons. The Hall–Kier alpha value is -1.73. The van der Waals surface area contributed by atoms with Gasteiger partial charge in [0.15, 0.2) is 0 Å². The van der Waals surface area contributed by atoms with Gasteiger partial charge in [0.25, 0.3) is 5.91 Å². The molecule has 2 heterocycles. The summed E-state index contributed by atoms with van der Waals surface area (Å²) in [4.78, 5) is 28.5. The maximum atomic E-state index is 11.9. The monoisotopic (exact) mass is 296 g/mol. The zero-order valence-electron chi connectivity index (χ0n) is 10.4. The van der Waals surface area contributed by atoms with Crippen LogP contribution in [-0.2, 0) is 6.54 Å². The molecule has 0 aliphatic heterocycles. The molecule has 0 bridgehead atoms. The van der Waals surface area contributed by atoms with Crippen molar-refractivity contribution in [3.05, 3.63) is 37.5 Å². The Labute approximate surface area is 117 Å². The number of hydrogen-bond donors (Lipinski definition) is 2. The fourth-order valence-corrected chi connectivity index (χ4v) is 3.20. The summed E-state index contributed by atoms with van der Waals surface area (Å²) in [6.45, 7) is 4.23. The van der Waals surface area contributed by atoms with Crippen LogP contribution in [0.25, 0.3) is 0 Å². The van der Waals surface area contributed by atoms with Crippen LogP contribution in [0.15, 0.2) is 12.1 Å². The Bertz CT molecular complexity index is 631. The number of carboxylic acids is 1. The Morgan fingerprint density at radius 2 is 1.95 bits per heavy atom. The number of thiophene rings is 1. The van der Waals surface area contributed by atoms with Gasteiger partial charge in [-0.2, -0.15) is 0 Å². The molecular formula is C12H12N2O3S2. The number of carbonyl (C=O) groups excluding carboxylic acids is 1. The summed E-state index contributed by atoms with van der Waals surface area (Å²) in [6.07, 6.45) is 0. The van der Waals surface area contributed by atoms with E-state index in [-0.39, 0.29) is 10.8 Å². The average Bonchev–Trinajstić information content (AvgIpc) is 2.93. The van der Waals surface area contributed by atoms with Gasteiger partial charge in [0.05, 0.1) is 22.1 Å². The third kappa shape index (κ3) is 3.18. The number of amides is 1. The van der Waals surface area contributed by atoms with Crippen molar-refractivity contribution in [2.45, 2.75) is 20.4 Å². The second-order valence-corrected chi connectivity index (χ2v) is 6.26. The summed E-state index contributed by atoms with van der Waals surface area (Å²) in [5.74, 6) is -1.28. The maximum Gasteiger partial charge on any atom is 0.345 e. The highest BCUT2D eigenvalue weighted by Gasteiger charge is 2.13. The molecule has 1 amide bonds. The smallest absolute Gasteiger partial charge is 0.345 e. The first-order valence-corrected chi connectivity index (χ1v) is 7.15. The van der Waals surface area contributed by atoms with Gasteiger partial charge in [0.1, 0.15) is 4.88 Å². The molecule has 7 heteroatoms. The molecule has 0 radical (unpaired) electrons. The first-order chi connectivity index (χ1) is 8.97. The van der Waals surface area contributed by atoms with Crippen LogP contribution in [0.4, 0.5) is 0 Å². The van der Waals surface area contributed by atoms with Crippen LogP contribution in [0, 0.1) is 13.8 Å². The summed E-state index contributed by atoms with van der Waals surface area (Å²) in [7, 11) is 0. The van der Waals surface area contributed by atoms with Crippen LogP contribution >= 0.6 is 22.7 Å². The van der Waals surface area contributed by atoms with Crippen LogP contribution in [0.5, 0.6) is 0 Å². The Balaban J connectivity index is 2.01. The van der Waals surface area contributed by atoms with Crippen molar-refractivity contribution in [2.75, 3.05) is 0 Å². The number of thiazole rings is 1. The molecule has 0 spiro atoms. The third-order valence-corrected chi connectivity index (χ3v) is 4.59. The van der Waals surface area contributed by atoms with Gasteiger partial charge < -0.3 is 10.4 Å². The highest BCUT2D eigenvalue weighted by molar-refractivity contribution is 7.15. The van der Waals surface area contributed by atoms with Crippen molar-refractivity contribution in [3.63, 3.8) is 0 Å². The number of carbonyl (C=O) groups is 2. The minimum Gasteiger partial charge on any atom is -0.477 e.